The average molecular weight is 168 g/mol. The minimum Gasteiger partial charge on any atom is -0.393 e. The van der Waals surface area contributed by atoms with Gasteiger partial charge in [0, 0.05) is 0 Å². The van der Waals surface area contributed by atoms with E-state index in [2.05, 4.69) is 4.74 Å². The molecule has 64 valence electrons. The van der Waals surface area contributed by atoms with Crippen molar-refractivity contribution >= 4 is 11.9 Å². The summed E-state index contributed by atoms with van der Waals surface area (Å²) in [5, 5.41) is 0. The summed E-state index contributed by atoms with van der Waals surface area (Å²) in [6, 6.07) is 0. The highest BCUT2D eigenvalue weighted by Gasteiger charge is 2.57. The molecule has 3 rings (SSSR count). The molecule has 0 N–H and O–H groups in total. The van der Waals surface area contributed by atoms with Crippen LogP contribution in [0.15, 0.2) is 0 Å². The van der Waals surface area contributed by atoms with Crippen molar-refractivity contribution in [2.45, 2.75) is 25.0 Å². The van der Waals surface area contributed by atoms with E-state index in [4.69, 9.17) is 4.74 Å². The van der Waals surface area contributed by atoms with Crippen LogP contribution in [0.1, 0.15) is 12.8 Å². The fourth-order valence-electron chi connectivity index (χ4n) is 2.19. The van der Waals surface area contributed by atoms with Gasteiger partial charge >= 0.3 is 11.9 Å². The van der Waals surface area contributed by atoms with Crippen molar-refractivity contribution in [3.8, 4) is 0 Å². The van der Waals surface area contributed by atoms with Crippen molar-refractivity contribution in [3.05, 3.63) is 0 Å². The van der Waals surface area contributed by atoms with E-state index in [9.17, 15) is 9.59 Å². The van der Waals surface area contributed by atoms with Gasteiger partial charge in [-0.15, -0.1) is 0 Å². The molecule has 0 aromatic heterocycles. The summed E-state index contributed by atoms with van der Waals surface area (Å²) in [4.78, 5) is 22.2. The maximum absolute atomic E-state index is 11.1. The Morgan fingerprint density at radius 3 is 2.00 bits per heavy atom. The maximum Gasteiger partial charge on any atom is 0.317 e. The van der Waals surface area contributed by atoms with Crippen LogP contribution in [0.5, 0.6) is 0 Å². The molecule has 0 radical (unpaired) electrons. The van der Waals surface area contributed by atoms with E-state index in [1.54, 1.807) is 0 Å². The summed E-state index contributed by atoms with van der Waals surface area (Å²) in [6.07, 6.45) is 1.81. The van der Waals surface area contributed by atoms with E-state index in [1.807, 2.05) is 0 Å². The summed E-state index contributed by atoms with van der Waals surface area (Å²) < 4.78 is 9.79. The molecule has 0 aromatic rings. The second-order valence-electron chi connectivity index (χ2n) is 3.64. The maximum atomic E-state index is 11.1. The summed E-state index contributed by atoms with van der Waals surface area (Å²) in [5.41, 5.74) is 0. The molecule has 3 fully saturated rings. The largest absolute Gasteiger partial charge is 0.393 e. The first-order valence-corrected chi connectivity index (χ1v) is 4.16. The van der Waals surface area contributed by atoms with E-state index in [1.165, 1.54) is 0 Å². The molecule has 2 saturated heterocycles. The lowest BCUT2D eigenvalue weighted by molar-refractivity contribution is -0.153. The number of cyclic esters (lactones) is 2. The van der Waals surface area contributed by atoms with Crippen LogP contribution in [0.25, 0.3) is 0 Å². The van der Waals surface area contributed by atoms with Gasteiger partial charge < -0.3 is 9.47 Å². The molecule has 3 aliphatic rings. The summed E-state index contributed by atoms with van der Waals surface area (Å²) in [5.74, 6) is -1.11. The Labute approximate surface area is 68.8 Å². The van der Waals surface area contributed by atoms with Gasteiger partial charge in [0.25, 0.3) is 0 Å². The summed E-state index contributed by atoms with van der Waals surface area (Å²) >= 11 is 0. The van der Waals surface area contributed by atoms with Crippen molar-refractivity contribution in [1.29, 1.82) is 0 Å². The Morgan fingerprint density at radius 2 is 1.50 bits per heavy atom. The van der Waals surface area contributed by atoms with E-state index >= 15 is 0 Å². The monoisotopic (exact) mass is 168 g/mol. The number of epoxide rings is 1. The molecule has 4 heteroatoms. The van der Waals surface area contributed by atoms with Gasteiger partial charge in [-0.25, -0.2) is 0 Å². The minimum absolute atomic E-state index is 0.207. The molecular weight excluding hydrogens is 160 g/mol. The molecule has 0 amide bonds. The number of carbonyl (C=O) groups excluding carboxylic acids is 2. The van der Waals surface area contributed by atoms with E-state index < -0.39 is 0 Å². The van der Waals surface area contributed by atoms with Crippen molar-refractivity contribution < 1.29 is 19.1 Å². The first-order chi connectivity index (χ1) is 5.75. The zero-order chi connectivity index (χ0) is 8.29. The van der Waals surface area contributed by atoms with Gasteiger partial charge in [-0.1, -0.05) is 0 Å². The number of ether oxygens (including phenoxy) is 2. The number of esters is 2. The van der Waals surface area contributed by atoms with Crippen LogP contribution in [0, 0.1) is 11.8 Å². The van der Waals surface area contributed by atoms with Crippen LogP contribution in [-0.4, -0.2) is 24.1 Å². The number of fused-ring (bicyclic) bond motifs is 2. The lowest BCUT2D eigenvalue weighted by Gasteiger charge is -2.14. The standard InChI is InChI=1S/C8H8O4/c9-7-3-1-5-6(11-5)2-4(3)8(10)12-7/h3-6H,1-2H2. The average Bonchev–Trinajstić information content (AvgIpc) is 2.73. The third kappa shape index (κ3) is 0.705. The van der Waals surface area contributed by atoms with Crippen LogP contribution in [-0.2, 0) is 19.1 Å². The number of rotatable bonds is 0. The van der Waals surface area contributed by atoms with Crippen LogP contribution in [0.3, 0.4) is 0 Å². The molecule has 12 heavy (non-hydrogen) atoms. The Balaban J connectivity index is 1.90. The third-order valence-corrected chi connectivity index (χ3v) is 2.95. The molecule has 1 aliphatic carbocycles. The summed E-state index contributed by atoms with van der Waals surface area (Å²) in [7, 11) is 0. The lowest BCUT2D eigenvalue weighted by atomic mass is 9.81. The SMILES string of the molecule is O=C1OC(=O)C2CC3OC3CC12. The Morgan fingerprint density at radius 1 is 1.00 bits per heavy atom. The van der Waals surface area contributed by atoms with Gasteiger partial charge in [-0.05, 0) is 12.8 Å². The fraction of sp³-hybridized carbons (Fsp3) is 0.750. The second-order valence-corrected chi connectivity index (χ2v) is 3.64. The lowest BCUT2D eigenvalue weighted by Crippen LogP contribution is -2.26. The third-order valence-electron chi connectivity index (χ3n) is 2.95. The van der Waals surface area contributed by atoms with E-state index in [0.717, 1.165) is 0 Å². The predicted octanol–water partition coefficient (Wildman–Crippen LogP) is -0.137. The van der Waals surface area contributed by atoms with Gasteiger partial charge in [-0.2, -0.15) is 0 Å². The van der Waals surface area contributed by atoms with E-state index in [0.29, 0.717) is 12.8 Å². The molecule has 0 spiro atoms. The number of hydrogen-bond donors (Lipinski definition) is 0. The number of hydrogen-bond acceptors (Lipinski definition) is 4. The first kappa shape index (κ1) is 6.60. The van der Waals surface area contributed by atoms with Crippen molar-refractivity contribution in [2.24, 2.45) is 11.8 Å². The van der Waals surface area contributed by atoms with Gasteiger partial charge in [0.15, 0.2) is 0 Å². The molecule has 2 aliphatic heterocycles. The van der Waals surface area contributed by atoms with Gasteiger partial charge in [0.1, 0.15) is 0 Å². The molecule has 4 atom stereocenters. The normalized spacial score (nSPS) is 49.7. The molecule has 0 aromatic carbocycles. The topological polar surface area (TPSA) is 55.9 Å². The van der Waals surface area contributed by atoms with Crippen molar-refractivity contribution in [3.63, 3.8) is 0 Å². The quantitative estimate of drug-likeness (QED) is 0.287. The highest BCUT2D eigenvalue weighted by atomic mass is 16.6. The Kier molecular flexibility index (Phi) is 1.03. The van der Waals surface area contributed by atoms with Crippen molar-refractivity contribution in [1.82, 2.24) is 0 Å². The van der Waals surface area contributed by atoms with Crippen LogP contribution in [0.4, 0.5) is 0 Å². The minimum atomic E-state index is -0.348. The summed E-state index contributed by atoms with van der Waals surface area (Å²) in [6.45, 7) is 0. The van der Waals surface area contributed by atoms with Crippen molar-refractivity contribution in [2.75, 3.05) is 0 Å². The Bertz CT molecular complexity index is 246. The van der Waals surface area contributed by atoms with E-state index in [-0.39, 0.29) is 36.0 Å². The van der Waals surface area contributed by atoms with Crippen LogP contribution in [0.2, 0.25) is 0 Å². The smallest absolute Gasteiger partial charge is 0.317 e. The zero-order valence-corrected chi connectivity index (χ0v) is 6.36. The van der Waals surface area contributed by atoms with Gasteiger partial charge in [0.2, 0.25) is 0 Å². The van der Waals surface area contributed by atoms with Crippen LogP contribution < -0.4 is 0 Å². The fourth-order valence-corrected chi connectivity index (χ4v) is 2.19. The molecule has 1 saturated carbocycles. The zero-order valence-electron chi connectivity index (χ0n) is 6.36. The Hall–Kier alpha value is -0.900. The van der Waals surface area contributed by atoms with Gasteiger partial charge in [0.05, 0.1) is 24.0 Å². The first-order valence-electron chi connectivity index (χ1n) is 4.16. The predicted molar refractivity (Wildman–Crippen MR) is 36.0 cm³/mol. The molecular formula is C8H8O4. The highest BCUT2D eigenvalue weighted by molar-refractivity contribution is 5.96. The highest BCUT2D eigenvalue weighted by Crippen LogP contribution is 2.46. The second kappa shape index (κ2) is 1.88. The molecule has 4 unspecified atom stereocenters. The van der Waals surface area contributed by atoms with Crippen LogP contribution >= 0.6 is 0 Å². The molecule has 2 heterocycles. The molecule has 4 nitrogen and oxygen atoms in total. The molecule has 0 bridgehead atoms. The van der Waals surface area contributed by atoms with Gasteiger partial charge in [-0.3, -0.25) is 9.59 Å². The number of carbonyl (C=O) groups is 2.